The summed E-state index contributed by atoms with van der Waals surface area (Å²) < 4.78 is 26.8. The van der Waals surface area contributed by atoms with Gasteiger partial charge in [0.15, 0.2) is 0 Å². The van der Waals surface area contributed by atoms with Gasteiger partial charge in [-0.1, -0.05) is 18.2 Å². The molecule has 0 aromatic heterocycles. The largest absolute Gasteiger partial charge is 0.385 e. The Balaban J connectivity index is 1.77. The zero-order valence-corrected chi connectivity index (χ0v) is 10.5. The van der Waals surface area contributed by atoms with E-state index in [9.17, 15) is 8.78 Å². The number of nitrogens with one attached hydrogen (secondary N) is 1. The van der Waals surface area contributed by atoms with Crippen molar-refractivity contribution in [3.05, 3.63) is 65.2 Å². The second-order valence-electron chi connectivity index (χ2n) is 5.05. The summed E-state index contributed by atoms with van der Waals surface area (Å²) in [4.78, 5) is 0. The third kappa shape index (κ3) is 2.60. The predicted molar refractivity (Wildman–Crippen MR) is 72.2 cm³/mol. The maximum atomic E-state index is 13.6. The second kappa shape index (κ2) is 5.00. The first kappa shape index (κ1) is 12.2. The van der Waals surface area contributed by atoms with E-state index in [0.717, 1.165) is 24.7 Å². The summed E-state index contributed by atoms with van der Waals surface area (Å²) in [6.07, 6.45) is 1.46. The lowest BCUT2D eigenvalue weighted by atomic mass is 9.89. The highest BCUT2D eigenvalue weighted by Gasteiger charge is 2.19. The summed E-state index contributed by atoms with van der Waals surface area (Å²) in [5.74, 6) is -0.396. The molecule has 1 unspecified atom stereocenters. The number of para-hydroxylation sites is 1. The third-order valence-electron chi connectivity index (χ3n) is 3.62. The maximum absolute atomic E-state index is 13.6. The molecule has 0 bridgehead atoms. The number of benzene rings is 2. The van der Waals surface area contributed by atoms with Crippen LogP contribution in [0.5, 0.6) is 0 Å². The average molecular weight is 259 g/mol. The van der Waals surface area contributed by atoms with Crippen LogP contribution in [0.1, 0.15) is 11.1 Å². The van der Waals surface area contributed by atoms with Crippen molar-refractivity contribution in [3.8, 4) is 0 Å². The number of anilines is 1. The van der Waals surface area contributed by atoms with E-state index in [0.29, 0.717) is 17.9 Å². The van der Waals surface area contributed by atoms with Crippen LogP contribution in [0.3, 0.4) is 0 Å². The van der Waals surface area contributed by atoms with E-state index in [1.165, 1.54) is 17.7 Å². The zero-order chi connectivity index (χ0) is 13.2. The van der Waals surface area contributed by atoms with Crippen molar-refractivity contribution < 1.29 is 8.78 Å². The standard InChI is InChI=1S/C16H15F2N/c17-14-5-6-15(18)13(9-14)8-11-7-12-3-1-2-4-16(12)19-10-11/h1-6,9,11,19H,7-8,10H2. The molecular weight excluding hydrogens is 244 g/mol. The van der Waals surface area contributed by atoms with Crippen molar-refractivity contribution in [1.29, 1.82) is 0 Å². The lowest BCUT2D eigenvalue weighted by Crippen LogP contribution is -2.25. The number of hydrogen-bond donors (Lipinski definition) is 1. The molecule has 98 valence electrons. The Bertz CT molecular complexity index is 595. The van der Waals surface area contributed by atoms with Crippen LogP contribution in [0.4, 0.5) is 14.5 Å². The number of hydrogen-bond acceptors (Lipinski definition) is 1. The molecule has 1 aliphatic rings. The van der Waals surface area contributed by atoms with Crippen molar-refractivity contribution in [2.45, 2.75) is 12.8 Å². The van der Waals surface area contributed by atoms with Crippen LogP contribution in [0.15, 0.2) is 42.5 Å². The molecule has 0 fully saturated rings. The fourth-order valence-electron chi connectivity index (χ4n) is 2.66. The molecule has 0 spiro atoms. The Morgan fingerprint density at radius 2 is 1.95 bits per heavy atom. The molecule has 1 aliphatic heterocycles. The quantitative estimate of drug-likeness (QED) is 0.865. The highest BCUT2D eigenvalue weighted by molar-refractivity contribution is 5.53. The normalized spacial score (nSPS) is 17.7. The highest BCUT2D eigenvalue weighted by Crippen LogP contribution is 2.27. The molecule has 0 amide bonds. The van der Waals surface area contributed by atoms with E-state index in [-0.39, 0.29) is 11.6 Å². The molecule has 0 aliphatic carbocycles. The summed E-state index contributed by atoms with van der Waals surface area (Å²) in [5.41, 5.74) is 2.86. The summed E-state index contributed by atoms with van der Waals surface area (Å²) in [6, 6.07) is 11.8. The SMILES string of the molecule is Fc1ccc(F)c(CC2CNc3ccccc3C2)c1. The van der Waals surface area contributed by atoms with Gasteiger partial charge in [-0.3, -0.25) is 0 Å². The van der Waals surface area contributed by atoms with Crippen molar-refractivity contribution >= 4 is 5.69 Å². The van der Waals surface area contributed by atoms with Gasteiger partial charge in [-0.2, -0.15) is 0 Å². The molecule has 3 heteroatoms. The highest BCUT2D eigenvalue weighted by atomic mass is 19.1. The zero-order valence-electron chi connectivity index (χ0n) is 10.5. The van der Waals surface area contributed by atoms with Crippen LogP contribution < -0.4 is 5.32 Å². The van der Waals surface area contributed by atoms with E-state index >= 15 is 0 Å². The molecule has 1 atom stereocenters. The molecule has 19 heavy (non-hydrogen) atoms. The van der Waals surface area contributed by atoms with Gasteiger partial charge in [-0.05, 0) is 54.2 Å². The van der Waals surface area contributed by atoms with Crippen LogP contribution in [0.2, 0.25) is 0 Å². The third-order valence-corrected chi connectivity index (χ3v) is 3.62. The summed E-state index contributed by atoms with van der Waals surface area (Å²) >= 11 is 0. The number of fused-ring (bicyclic) bond motifs is 1. The number of rotatable bonds is 2. The van der Waals surface area contributed by atoms with Crippen LogP contribution >= 0.6 is 0 Å². The Labute approximate surface area is 111 Å². The lowest BCUT2D eigenvalue weighted by molar-refractivity contribution is 0.508. The van der Waals surface area contributed by atoms with Crippen molar-refractivity contribution in [1.82, 2.24) is 0 Å². The molecular formula is C16H15F2N. The van der Waals surface area contributed by atoms with E-state index in [1.54, 1.807) is 0 Å². The van der Waals surface area contributed by atoms with E-state index in [4.69, 9.17) is 0 Å². The predicted octanol–water partition coefficient (Wildman–Crippen LogP) is 3.79. The van der Waals surface area contributed by atoms with Gasteiger partial charge < -0.3 is 5.32 Å². The molecule has 1 heterocycles. The van der Waals surface area contributed by atoms with Gasteiger partial charge in [-0.15, -0.1) is 0 Å². The first-order valence-corrected chi connectivity index (χ1v) is 6.48. The first-order valence-electron chi connectivity index (χ1n) is 6.48. The van der Waals surface area contributed by atoms with Crippen LogP contribution in [0.25, 0.3) is 0 Å². The molecule has 1 N–H and O–H groups in total. The fourth-order valence-corrected chi connectivity index (χ4v) is 2.66. The van der Waals surface area contributed by atoms with Gasteiger partial charge in [0.05, 0.1) is 0 Å². The Kier molecular flexibility index (Phi) is 3.20. The summed E-state index contributed by atoms with van der Waals surface area (Å²) in [7, 11) is 0. The fraction of sp³-hybridized carbons (Fsp3) is 0.250. The topological polar surface area (TPSA) is 12.0 Å². The molecule has 0 saturated carbocycles. The van der Waals surface area contributed by atoms with Gasteiger partial charge in [0.2, 0.25) is 0 Å². The van der Waals surface area contributed by atoms with Gasteiger partial charge in [0.1, 0.15) is 11.6 Å². The summed E-state index contributed by atoms with van der Waals surface area (Å²) in [5, 5.41) is 3.35. The van der Waals surface area contributed by atoms with Crippen molar-refractivity contribution in [2.24, 2.45) is 5.92 Å². The monoisotopic (exact) mass is 259 g/mol. The molecule has 3 rings (SSSR count). The van der Waals surface area contributed by atoms with Crippen LogP contribution in [-0.4, -0.2) is 6.54 Å². The minimum Gasteiger partial charge on any atom is -0.385 e. The van der Waals surface area contributed by atoms with E-state index in [1.807, 2.05) is 18.2 Å². The van der Waals surface area contributed by atoms with E-state index < -0.39 is 0 Å². The molecule has 0 saturated heterocycles. The minimum atomic E-state index is -0.374. The first-order chi connectivity index (χ1) is 9.22. The van der Waals surface area contributed by atoms with Gasteiger partial charge in [0, 0.05) is 12.2 Å². The Hall–Kier alpha value is -1.90. The van der Waals surface area contributed by atoms with Gasteiger partial charge in [0.25, 0.3) is 0 Å². The Morgan fingerprint density at radius 3 is 2.84 bits per heavy atom. The molecule has 0 radical (unpaired) electrons. The minimum absolute atomic E-state index is 0.297. The van der Waals surface area contributed by atoms with Crippen molar-refractivity contribution in [2.75, 3.05) is 11.9 Å². The Morgan fingerprint density at radius 1 is 1.11 bits per heavy atom. The number of halogens is 2. The van der Waals surface area contributed by atoms with Crippen molar-refractivity contribution in [3.63, 3.8) is 0 Å². The van der Waals surface area contributed by atoms with Crippen LogP contribution in [0, 0.1) is 17.6 Å². The lowest BCUT2D eigenvalue weighted by Gasteiger charge is -2.26. The maximum Gasteiger partial charge on any atom is 0.126 e. The molecule has 2 aromatic rings. The van der Waals surface area contributed by atoms with Gasteiger partial charge in [-0.25, -0.2) is 8.78 Å². The average Bonchev–Trinajstić information content (AvgIpc) is 2.43. The molecule has 2 aromatic carbocycles. The van der Waals surface area contributed by atoms with Crippen LogP contribution in [-0.2, 0) is 12.8 Å². The van der Waals surface area contributed by atoms with Gasteiger partial charge >= 0.3 is 0 Å². The summed E-state index contributed by atoms with van der Waals surface area (Å²) in [6.45, 7) is 0.799. The second-order valence-corrected chi connectivity index (χ2v) is 5.05. The van der Waals surface area contributed by atoms with E-state index in [2.05, 4.69) is 11.4 Å². The molecule has 1 nitrogen and oxygen atoms in total. The smallest absolute Gasteiger partial charge is 0.126 e.